The molecule has 0 spiro atoms. The molecule has 0 amide bonds. The van der Waals surface area contributed by atoms with E-state index in [4.69, 9.17) is 24.4 Å². The maximum absolute atomic E-state index is 6.32. The molecule has 0 bridgehead atoms. The second-order valence-electron chi connectivity index (χ2n) is 15.3. The van der Waals surface area contributed by atoms with Crippen LogP contribution >= 0.6 is 0 Å². The van der Waals surface area contributed by atoms with Crippen molar-refractivity contribution in [3.8, 4) is 45.0 Å². The van der Waals surface area contributed by atoms with Crippen LogP contribution in [0.3, 0.4) is 0 Å². The van der Waals surface area contributed by atoms with Crippen LogP contribution in [0.25, 0.3) is 132 Å². The third-order valence-corrected chi connectivity index (χ3v) is 12.1. The van der Waals surface area contributed by atoms with E-state index in [1.807, 2.05) is 60.9 Å². The molecule has 0 unspecified atom stereocenters. The molecule has 13 rings (SSSR count). The minimum atomic E-state index is 0.613. The molecule has 59 heavy (non-hydrogen) atoms. The normalized spacial score (nSPS) is 12.1. The van der Waals surface area contributed by atoms with Crippen LogP contribution in [0, 0.1) is 0 Å². The molecule has 0 saturated carbocycles. The Morgan fingerprint density at radius 1 is 0.339 bits per heavy atom. The fraction of sp³-hybridized carbons (Fsp3) is 0. The Morgan fingerprint density at radius 3 is 1.85 bits per heavy atom. The van der Waals surface area contributed by atoms with E-state index in [1.165, 1.54) is 43.4 Å². The molecule has 272 valence electrons. The summed E-state index contributed by atoms with van der Waals surface area (Å²) in [5.74, 6) is 0.613. The van der Waals surface area contributed by atoms with Gasteiger partial charge in [-0.1, -0.05) is 127 Å². The zero-order chi connectivity index (χ0) is 38.6. The lowest BCUT2D eigenvalue weighted by Crippen LogP contribution is -1.92. The largest absolute Gasteiger partial charge is 0.436 e. The van der Waals surface area contributed by atoms with Crippen molar-refractivity contribution in [1.29, 1.82) is 0 Å². The maximum Gasteiger partial charge on any atom is 0.227 e. The molecule has 0 radical (unpaired) electrons. The first-order valence-corrected chi connectivity index (χ1v) is 19.9. The predicted molar refractivity (Wildman–Crippen MR) is 243 cm³/mol. The molecule has 5 heteroatoms. The molecule has 0 aliphatic rings. The van der Waals surface area contributed by atoms with Crippen LogP contribution in [-0.2, 0) is 0 Å². The predicted octanol–water partition coefficient (Wildman–Crippen LogP) is 14.2. The van der Waals surface area contributed by atoms with Crippen LogP contribution in [0.15, 0.2) is 187 Å². The smallest absolute Gasteiger partial charge is 0.227 e. The third kappa shape index (κ3) is 4.73. The summed E-state index contributed by atoms with van der Waals surface area (Å²) in [5, 5.41) is 12.8. The Kier molecular flexibility index (Phi) is 6.66. The van der Waals surface area contributed by atoms with E-state index in [-0.39, 0.29) is 0 Å². The highest BCUT2D eigenvalue weighted by atomic mass is 16.3. The second kappa shape index (κ2) is 12.2. The van der Waals surface area contributed by atoms with Crippen molar-refractivity contribution in [3.05, 3.63) is 182 Å². The number of aromatic nitrogens is 4. The SMILES string of the molecule is c1ccc(-c2nc3c(ccc4c(-c5ccc(-c6ccc7ccc8c(-c9ccnc%10c9ccc9cccnc9%10)ccc9ccc6c7c98)cc5)nc5ccccc5c43)o2)cc1. The van der Waals surface area contributed by atoms with Gasteiger partial charge in [0.2, 0.25) is 5.89 Å². The van der Waals surface area contributed by atoms with Gasteiger partial charge in [-0.15, -0.1) is 0 Å². The molecule has 13 aromatic rings. The van der Waals surface area contributed by atoms with Gasteiger partial charge in [-0.2, -0.15) is 0 Å². The van der Waals surface area contributed by atoms with E-state index in [9.17, 15) is 0 Å². The van der Waals surface area contributed by atoms with E-state index < -0.39 is 0 Å². The van der Waals surface area contributed by atoms with E-state index >= 15 is 0 Å². The van der Waals surface area contributed by atoms with E-state index in [1.54, 1.807) is 0 Å². The Morgan fingerprint density at radius 2 is 1.00 bits per heavy atom. The summed E-state index contributed by atoms with van der Waals surface area (Å²) < 4.78 is 6.32. The Hall–Kier alpha value is -8.02. The topological polar surface area (TPSA) is 64.7 Å². The number of hydrogen-bond donors (Lipinski definition) is 0. The molecule has 0 fully saturated rings. The molecule has 0 saturated heterocycles. The molecule has 0 aliphatic carbocycles. The van der Waals surface area contributed by atoms with Crippen LogP contribution in [0.4, 0.5) is 0 Å². The van der Waals surface area contributed by atoms with Gasteiger partial charge < -0.3 is 4.42 Å². The van der Waals surface area contributed by atoms with Crippen LogP contribution in [-0.4, -0.2) is 19.9 Å². The van der Waals surface area contributed by atoms with Crippen molar-refractivity contribution >= 4 is 86.9 Å². The molecule has 0 atom stereocenters. The van der Waals surface area contributed by atoms with Crippen molar-refractivity contribution in [3.63, 3.8) is 0 Å². The van der Waals surface area contributed by atoms with Crippen LogP contribution in [0.2, 0.25) is 0 Å². The molecular weight excluding hydrogens is 721 g/mol. The van der Waals surface area contributed by atoms with Crippen molar-refractivity contribution in [2.75, 3.05) is 0 Å². The van der Waals surface area contributed by atoms with Gasteiger partial charge >= 0.3 is 0 Å². The van der Waals surface area contributed by atoms with E-state index in [0.29, 0.717) is 5.89 Å². The monoisotopic (exact) mass is 750 g/mol. The molecule has 0 aliphatic heterocycles. The lowest BCUT2D eigenvalue weighted by molar-refractivity contribution is 0.620. The minimum Gasteiger partial charge on any atom is -0.436 e. The number of para-hydroxylation sites is 1. The Balaban J connectivity index is 0.958. The van der Waals surface area contributed by atoms with E-state index in [0.717, 1.165) is 82.5 Å². The fourth-order valence-electron chi connectivity index (χ4n) is 9.44. The number of fused-ring (bicyclic) bond motifs is 8. The highest BCUT2D eigenvalue weighted by Gasteiger charge is 2.20. The van der Waals surface area contributed by atoms with Gasteiger partial charge in [-0.25, -0.2) is 9.97 Å². The van der Waals surface area contributed by atoms with Crippen molar-refractivity contribution < 1.29 is 4.42 Å². The minimum absolute atomic E-state index is 0.613. The molecule has 9 aromatic carbocycles. The average molecular weight is 751 g/mol. The first kappa shape index (κ1) is 32.1. The van der Waals surface area contributed by atoms with Gasteiger partial charge in [0.25, 0.3) is 0 Å². The van der Waals surface area contributed by atoms with Gasteiger partial charge in [0, 0.05) is 50.5 Å². The van der Waals surface area contributed by atoms with Crippen LogP contribution < -0.4 is 0 Å². The number of rotatable bonds is 4. The Labute approximate surface area is 337 Å². The first-order valence-electron chi connectivity index (χ1n) is 19.9. The van der Waals surface area contributed by atoms with Gasteiger partial charge in [0.15, 0.2) is 5.58 Å². The second-order valence-corrected chi connectivity index (χ2v) is 15.3. The number of hydrogen-bond acceptors (Lipinski definition) is 5. The zero-order valence-electron chi connectivity index (χ0n) is 31.5. The fourth-order valence-corrected chi connectivity index (χ4v) is 9.44. The summed E-state index contributed by atoms with van der Waals surface area (Å²) in [4.78, 5) is 19.8. The first-order chi connectivity index (χ1) is 29.2. The summed E-state index contributed by atoms with van der Waals surface area (Å²) in [6.07, 6.45) is 3.76. The maximum atomic E-state index is 6.32. The van der Waals surface area contributed by atoms with Gasteiger partial charge in [-0.3, -0.25) is 9.97 Å². The van der Waals surface area contributed by atoms with Crippen LogP contribution in [0.5, 0.6) is 0 Å². The number of oxazole rings is 1. The van der Waals surface area contributed by atoms with Gasteiger partial charge in [0.1, 0.15) is 5.52 Å². The Bertz CT molecular complexity index is 3830. The molecular formula is C54H30N4O. The lowest BCUT2D eigenvalue weighted by Gasteiger charge is -2.17. The zero-order valence-corrected chi connectivity index (χ0v) is 31.5. The highest BCUT2D eigenvalue weighted by molar-refractivity contribution is 6.28. The average Bonchev–Trinajstić information content (AvgIpc) is 3.75. The number of nitrogens with zero attached hydrogens (tertiary/aromatic N) is 4. The number of pyridine rings is 3. The lowest BCUT2D eigenvalue weighted by atomic mass is 9.86. The number of benzene rings is 9. The van der Waals surface area contributed by atoms with Gasteiger partial charge in [-0.05, 0) is 97.0 Å². The summed E-state index contributed by atoms with van der Waals surface area (Å²) in [6.45, 7) is 0. The summed E-state index contributed by atoms with van der Waals surface area (Å²) in [5.41, 5.74) is 12.0. The van der Waals surface area contributed by atoms with Crippen molar-refractivity contribution in [1.82, 2.24) is 19.9 Å². The highest BCUT2D eigenvalue weighted by Crippen LogP contribution is 2.44. The molecule has 4 aromatic heterocycles. The molecule has 0 N–H and O–H groups in total. The van der Waals surface area contributed by atoms with Crippen molar-refractivity contribution in [2.24, 2.45) is 0 Å². The standard InChI is InChI=1S/C54H30N4O/c1-2-7-36(8-3-1)54-58-53-46(59-54)27-26-44-49(53)43-10-4-5-11-45(43)57-50(44)35-14-12-31(13-15-35)37-21-16-32-19-24-41-38(22-17-33-18-23-40(37)47(32)48(33)41)39-28-30-56-52-42(39)25-20-34-9-6-29-55-51(34)52/h1-30H. The summed E-state index contributed by atoms with van der Waals surface area (Å²) in [6, 6.07) is 60.1. The quantitative estimate of drug-likeness (QED) is 0.168. The van der Waals surface area contributed by atoms with Crippen molar-refractivity contribution in [2.45, 2.75) is 0 Å². The summed E-state index contributed by atoms with van der Waals surface area (Å²) >= 11 is 0. The molecule has 4 heterocycles. The third-order valence-electron chi connectivity index (χ3n) is 12.1. The molecule has 5 nitrogen and oxygen atoms in total. The van der Waals surface area contributed by atoms with Gasteiger partial charge in [0.05, 0.1) is 22.2 Å². The van der Waals surface area contributed by atoms with Crippen LogP contribution in [0.1, 0.15) is 0 Å². The van der Waals surface area contributed by atoms with E-state index in [2.05, 4.69) is 121 Å². The summed E-state index contributed by atoms with van der Waals surface area (Å²) in [7, 11) is 0.